The fourth-order valence-electron chi connectivity index (χ4n) is 6.64. The lowest BCUT2D eigenvalue weighted by Gasteiger charge is -2.47. The molecule has 11 heteroatoms. The van der Waals surface area contributed by atoms with Crippen LogP contribution in [0.15, 0.2) is 30.3 Å². The number of sulfone groups is 1. The third kappa shape index (κ3) is 10.2. The first-order valence-corrected chi connectivity index (χ1v) is 18.4. The van der Waals surface area contributed by atoms with E-state index in [-0.39, 0.29) is 25.3 Å². The Labute approximate surface area is 270 Å². The summed E-state index contributed by atoms with van der Waals surface area (Å²) in [5.41, 5.74) is 0.474. The molecule has 0 unspecified atom stereocenters. The van der Waals surface area contributed by atoms with Crippen LogP contribution in [0.5, 0.6) is 0 Å². The maximum absolute atomic E-state index is 13.9. The summed E-state index contributed by atoms with van der Waals surface area (Å²) in [4.78, 5) is 42.2. The van der Waals surface area contributed by atoms with Crippen LogP contribution < -0.4 is 16.0 Å². The van der Waals surface area contributed by atoms with Gasteiger partial charge in [-0.25, -0.2) is 8.42 Å². The van der Waals surface area contributed by atoms with Gasteiger partial charge in [0.25, 0.3) is 0 Å². The van der Waals surface area contributed by atoms with Crippen molar-refractivity contribution in [2.45, 2.75) is 127 Å². The van der Waals surface area contributed by atoms with Crippen LogP contribution in [0, 0.1) is 11.8 Å². The number of nitrogens with one attached hydrogen (secondary N) is 3. The molecule has 0 bridgehead atoms. The SMILES string of the molecule is CCCC(=O)N[C@H](C(=O)N[C@@H](Cc1ccccc1)[C@H](O)CN1C[C@H]2CCCC[C@H]2C[C@H]1C(=O)NC(C)(C)C)C(C)(C)S(C)(=O)=O. The molecule has 0 aromatic heterocycles. The molecule has 2 fully saturated rings. The topological polar surface area (TPSA) is 145 Å². The molecule has 3 amide bonds. The highest BCUT2D eigenvalue weighted by atomic mass is 32.2. The van der Waals surface area contributed by atoms with Gasteiger partial charge in [-0.1, -0.05) is 56.5 Å². The lowest BCUT2D eigenvalue weighted by atomic mass is 9.72. The van der Waals surface area contributed by atoms with Gasteiger partial charge in [0.05, 0.1) is 22.9 Å². The fraction of sp³-hybridized carbons (Fsp3) is 0.735. The zero-order chi connectivity index (χ0) is 33.6. The number of amides is 3. The molecule has 1 aromatic rings. The number of nitrogens with zero attached hydrogens (tertiary/aromatic N) is 1. The Morgan fingerprint density at radius 1 is 1.00 bits per heavy atom. The van der Waals surface area contributed by atoms with Crippen molar-refractivity contribution in [3.8, 4) is 0 Å². The van der Waals surface area contributed by atoms with Gasteiger partial charge in [-0.15, -0.1) is 0 Å². The molecule has 10 nitrogen and oxygen atoms in total. The molecule has 1 aliphatic carbocycles. The normalized spacial score (nSPS) is 23.2. The van der Waals surface area contributed by atoms with Crippen LogP contribution in [0.4, 0.5) is 0 Å². The van der Waals surface area contributed by atoms with Gasteiger partial charge in [0, 0.05) is 31.3 Å². The van der Waals surface area contributed by atoms with Crippen molar-refractivity contribution < 1.29 is 27.9 Å². The minimum absolute atomic E-state index is 0.0593. The highest BCUT2D eigenvalue weighted by molar-refractivity contribution is 7.92. The molecule has 1 saturated carbocycles. The van der Waals surface area contributed by atoms with Gasteiger partial charge >= 0.3 is 0 Å². The summed E-state index contributed by atoms with van der Waals surface area (Å²) in [6, 6.07) is 6.85. The predicted molar refractivity (Wildman–Crippen MR) is 177 cm³/mol. The van der Waals surface area contributed by atoms with Crippen LogP contribution in [0.2, 0.25) is 0 Å². The van der Waals surface area contributed by atoms with E-state index in [1.807, 2.05) is 58.0 Å². The number of carbonyl (C=O) groups excluding carboxylic acids is 3. The van der Waals surface area contributed by atoms with Gasteiger partial charge < -0.3 is 21.1 Å². The Balaban J connectivity index is 1.91. The van der Waals surface area contributed by atoms with Crippen LogP contribution in [-0.2, 0) is 30.6 Å². The van der Waals surface area contributed by atoms with Gasteiger partial charge in [-0.2, -0.15) is 0 Å². The van der Waals surface area contributed by atoms with Crippen molar-refractivity contribution in [1.29, 1.82) is 0 Å². The van der Waals surface area contributed by atoms with E-state index in [0.717, 1.165) is 37.5 Å². The number of piperidine rings is 1. The highest BCUT2D eigenvalue weighted by Crippen LogP contribution is 2.39. The van der Waals surface area contributed by atoms with E-state index < -0.39 is 56.2 Å². The van der Waals surface area contributed by atoms with Crippen LogP contribution in [-0.4, -0.2) is 90.0 Å². The first kappa shape index (κ1) is 37.0. The Bertz CT molecular complexity index is 1260. The maximum atomic E-state index is 13.9. The van der Waals surface area contributed by atoms with Crippen LogP contribution in [0.1, 0.15) is 92.1 Å². The molecule has 0 radical (unpaired) electrons. The van der Waals surface area contributed by atoms with Gasteiger partial charge in [0.15, 0.2) is 9.84 Å². The second-order valence-electron chi connectivity index (χ2n) is 14.7. The number of aliphatic hydroxyl groups excluding tert-OH is 1. The predicted octanol–water partition coefficient (Wildman–Crippen LogP) is 2.98. The highest BCUT2D eigenvalue weighted by Gasteiger charge is 2.46. The third-order valence-electron chi connectivity index (χ3n) is 9.51. The Kier molecular flexibility index (Phi) is 12.6. The lowest BCUT2D eigenvalue weighted by molar-refractivity contribution is -0.133. The van der Waals surface area contributed by atoms with Gasteiger partial charge in [0.1, 0.15) is 6.04 Å². The molecule has 4 N–H and O–H groups in total. The molecule has 45 heavy (non-hydrogen) atoms. The number of likely N-dealkylation sites (tertiary alicyclic amines) is 1. The first-order valence-electron chi connectivity index (χ1n) is 16.5. The minimum Gasteiger partial charge on any atom is -0.390 e. The number of hydrogen-bond acceptors (Lipinski definition) is 7. The van der Waals surface area contributed by atoms with Gasteiger partial charge in [-0.3, -0.25) is 19.3 Å². The molecule has 6 atom stereocenters. The largest absolute Gasteiger partial charge is 0.390 e. The molecular formula is C34H56N4O6S. The molecule has 1 heterocycles. The maximum Gasteiger partial charge on any atom is 0.244 e. The van der Waals surface area contributed by atoms with Crippen molar-refractivity contribution in [3.63, 3.8) is 0 Å². The molecule has 254 valence electrons. The average molecular weight is 649 g/mol. The van der Waals surface area contributed by atoms with Crippen molar-refractivity contribution in [2.75, 3.05) is 19.3 Å². The second-order valence-corrected chi connectivity index (χ2v) is 17.3. The Morgan fingerprint density at radius 2 is 1.62 bits per heavy atom. The molecule has 1 saturated heterocycles. The number of rotatable bonds is 13. The smallest absolute Gasteiger partial charge is 0.244 e. The molecule has 0 spiro atoms. The second kappa shape index (κ2) is 15.4. The average Bonchev–Trinajstić information content (AvgIpc) is 2.94. The summed E-state index contributed by atoms with van der Waals surface area (Å²) in [5, 5.41) is 20.5. The first-order chi connectivity index (χ1) is 20.9. The third-order valence-corrected chi connectivity index (χ3v) is 11.7. The van der Waals surface area contributed by atoms with Gasteiger partial charge in [0.2, 0.25) is 17.7 Å². The van der Waals surface area contributed by atoms with Crippen LogP contribution in [0.25, 0.3) is 0 Å². The van der Waals surface area contributed by atoms with Crippen LogP contribution in [0.3, 0.4) is 0 Å². The molecule has 1 aromatic carbocycles. The summed E-state index contributed by atoms with van der Waals surface area (Å²) in [6.07, 6.45) is 6.19. The lowest BCUT2D eigenvalue weighted by Crippen LogP contribution is -2.64. The number of β-amino-alcohol motifs (C(OH)–C–C–N with tert-alkyl or cyclic N) is 1. The Morgan fingerprint density at radius 3 is 2.20 bits per heavy atom. The zero-order valence-electron chi connectivity index (χ0n) is 28.3. The van der Waals surface area contributed by atoms with E-state index in [1.54, 1.807) is 0 Å². The summed E-state index contributed by atoms with van der Waals surface area (Å²) in [5.74, 6) is -0.245. The summed E-state index contributed by atoms with van der Waals surface area (Å²) in [7, 11) is -3.78. The molecule has 1 aliphatic heterocycles. The number of benzene rings is 1. The van der Waals surface area contributed by atoms with E-state index in [1.165, 1.54) is 20.3 Å². The number of aliphatic hydroxyl groups is 1. The van der Waals surface area contributed by atoms with E-state index >= 15 is 0 Å². The number of fused-ring (bicyclic) bond motifs is 1. The minimum atomic E-state index is -3.78. The number of hydrogen-bond donors (Lipinski definition) is 4. The van der Waals surface area contributed by atoms with E-state index in [0.29, 0.717) is 24.8 Å². The molecule has 2 aliphatic rings. The standard InChI is InChI=1S/C34H56N4O6S/c1-8-14-29(40)36-30(34(5,6)45(7,43)44)32(42)35-26(19-23-15-10-9-11-16-23)28(39)22-38-21-25-18-13-12-17-24(25)20-27(38)31(41)37-33(2,3)4/h9-11,15-16,24-28,30,39H,8,12-14,17-22H2,1-7H3,(H,35,42)(H,36,40)(H,37,41)/t24-,25+,26-,27-,28+,30+/m0/s1. The van der Waals surface area contributed by atoms with Crippen molar-refractivity contribution >= 4 is 27.6 Å². The summed E-state index contributed by atoms with van der Waals surface area (Å²) in [6.45, 7) is 11.4. The Hall–Kier alpha value is -2.50. The van der Waals surface area contributed by atoms with Crippen LogP contribution >= 0.6 is 0 Å². The van der Waals surface area contributed by atoms with Crippen molar-refractivity contribution in [3.05, 3.63) is 35.9 Å². The van der Waals surface area contributed by atoms with E-state index in [4.69, 9.17) is 0 Å². The quantitative estimate of drug-likeness (QED) is 0.257. The molecule has 3 rings (SSSR count). The van der Waals surface area contributed by atoms with E-state index in [9.17, 15) is 27.9 Å². The van der Waals surface area contributed by atoms with Gasteiger partial charge in [-0.05, 0) is 77.7 Å². The summed E-state index contributed by atoms with van der Waals surface area (Å²) >= 11 is 0. The monoisotopic (exact) mass is 648 g/mol. The zero-order valence-corrected chi connectivity index (χ0v) is 29.1. The summed E-state index contributed by atoms with van der Waals surface area (Å²) < 4.78 is 24.0. The van der Waals surface area contributed by atoms with Crippen molar-refractivity contribution in [2.24, 2.45) is 11.8 Å². The van der Waals surface area contributed by atoms with Crippen molar-refractivity contribution in [1.82, 2.24) is 20.9 Å². The molecular weight excluding hydrogens is 592 g/mol. The number of carbonyl (C=O) groups is 3. The van der Waals surface area contributed by atoms with E-state index in [2.05, 4.69) is 20.9 Å². The fourth-order valence-corrected chi connectivity index (χ4v) is 7.24.